The Morgan fingerprint density at radius 3 is 2.75 bits per heavy atom. The highest BCUT2D eigenvalue weighted by Crippen LogP contribution is 2.33. The van der Waals surface area contributed by atoms with E-state index in [1.54, 1.807) is 13.2 Å². The van der Waals surface area contributed by atoms with Crippen molar-refractivity contribution in [1.29, 1.82) is 0 Å². The smallest absolute Gasteiger partial charge is 0.191 e. The maximum atomic E-state index is 6.04. The molecule has 2 rings (SSSR count). The second kappa shape index (κ2) is 10.2. The molecule has 0 radical (unpaired) electrons. The van der Waals surface area contributed by atoms with Crippen LogP contribution >= 0.6 is 24.0 Å². The molecule has 1 aromatic heterocycles. The number of nitrogens with one attached hydrogen (secondary N) is 2. The van der Waals surface area contributed by atoms with Crippen molar-refractivity contribution in [3.8, 4) is 0 Å². The molecule has 2 heterocycles. The maximum Gasteiger partial charge on any atom is 0.191 e. The quantitative estimate of drug-likeness (QED) is 0.424. The van der Waals surface area contributed by atoms with E-state index in [2.05, 4.69) is 41.4 Å². The predicted octanol–water partition coefficient (Wildman–Crippen LogP) is 3.21. The van der Waals surface area contributed by atoms with E-state index in [9.17, 15) is 0 Å². The molecule has 136 valence electrons. The standard InChI is InChI=1S/C18H30N4O.HI/c1-18(2,3)16-14(8-7-11-23-16)12-21-17(19-4)22-13-15-9-5-6-10-20-15;/h5-6,9-10,14,16H,7-8,11-13H2,1-4H3,(H2,19,21,22);1H. The van der Waals surface area contributed by atoms with Gasteiger partial charge in [0.15, 0.2) is 5.96 Å². The monoisotopic (exact) mass is 446 g/mol. The first-order chi connectivity index (χ1) is 11.0. The first-order valence-electron chi connectivity index (χ1n) is 8.46. The van der Waals surface area contributed by atoms with Crippen molar-refractivity contribution in [2.45, 2.75) is 46.3 Å². The van der Waals surface area contributed by atoms with Crippen molar-refractivity contribution in [3.63, 3.8) is 0 Å². The van der Waals surface area contributed by atoms with Crippen molar-refractivity contribution in [1.82, 2.24) is 15.6 Å². The van der Waals surface area contributed by atoms with Gasteiger partial charge in [-0.2, -0.15) is 0 Å². The van der Waals surface area contributed by atoms with Gasteiger partial charge in [-0.3, -0.25) is 9.98 Å². The molecule has 2 atom stereocenters. The summed E-state index contributed by atoms with van der Waals surface area (Å²) >= 11 is 0. The molecule has 2 N–H and O–H groups in total. The van der Waals surface area contributed by atoms with Crippen LogP contribution in [0.3, 0.4) is 0 Å². The van der Waals surface area contributed by atoms with Crippen LogP contribution in [-0.4, -0.2) is 37.2 Å². The lowest BCUT2D eigenvalue weighted by Crippen LogP contribution is -2.47. The molecule has 2 unspecified atom stereocenters. The van der Waals surface area contributed by atoms with E-state index < -0.39 is 0 Å². The number of pyridine rings is 1. The van der Waals surface area contributed by atoms with Gasteiger partial charge in [0.1, 0.15) is 0 Å². The molecule has 1 aromatic rings. The van der Waals surface area contributed by atoms with Gasteiger partial charge >= 0.3 is 0 Å². The normalized spacial score (nSPS) is 21.8. The minimum atomic E-state index is 0. The minimum Gasteiger partial charge on any atom is -0.377 e. The molecule has 0 spiro atoms. The number of aromatic nitrogens is 1. The molecule has 1 aliphatic rings. The van der Waals surface area contributed by atoms with Gasteiger partial charge in [-0.15, -0.1) is 24.0 Å². The molecule has 0 saturated carbocycles. The Morgan fingerprint density at radius 2 is 2.12 bits per heavy atom. The van der Waals surface area contributed by atoms with Crippen molar-refractivity contribution < 1.29 is 4.74 Å². The summed E-state index contributed by atoms with van der Waals surface area (Å²) in [6, 6.07) is 5.92. The number of hydrogen-bond donors (Lipinski definition) is 2. The highest BCUT2D eigenvalue weighted by Gasteiger charge is 2.35. The molecule has 0 amide bonds. The lowest BCUT2D eigenvalue weighted by Gasteiger charge is -2.40. The minimum absolute atomic E-state index is 0. The van der Waals surface area contributed by atoms with Crippen LogP contribution in [0.2, 0.25) is 0 Å². The molecule has 0 bridgehead atoms. The topological polar surface area (TPSA) is 58.5 Å². The maximum absolute atomic E-state index is 6.04. The zero-order chi connectivity index (χ0) is 16.7. The zero-order valence-electron chi connectivity index (χ0n) is 15.2. The Morgan fingerprint density at radius 1 is 1.33 bits per heavy atom. The molecule has 6 heteroatoms. The van der Waals surface area contributed by atoms with E-state index >= 15 is 0 Å². The summed E-state index contributed by atoms with van der Waals surface area (Å²) < 4.78 is 6.04. The molecular weight excluding hydrogens is 415 g/mol. The third-order valence-electron chi connectivity index (χ3n) is 4.22. The summed E-state index contributed by atoms with van der Waals surface area (Å²) in [5.41, 5.74) is 1.17. The number of aliphatic imine (C=N–C) groups is 1. The predicted molar refractivity (Wildman–Crippen MR) is 110 cm³/mol. The second-order valence-electron chi connectivity index (χ2n) is 7.19. The fourth-order valence-corrected chi connectivity index (χ4v) is 3.13. The molecule has 1 fully saturated rings. The van der Waals surface area contributed by atoms with E-state index in [-0.39, 0.29) is 35.5 Å². The van der Waals surface area contributed by atoms with Gasteiger partial charge in [0.2, 0.25) is 0 Å². The largest absolute Gasteiger partial charge is 0.377 e. The number of guanidine groups is 1. The van der Waals surface area contributed by atoms with Gasteiger partial charge in [-0.1, -0.05) is 26.8 Å². The lowest BCUT2D eigenvalue weighted by molar-refractivity contribution is -0.0835. The van der Waals surface area contributed by atoms with E-state index in [4.69, 9.17) is 4.74 Å². The van der Waals surface area contributed by atoms with Crippen molar-refractivity contribution >= 4 is 29.9 Å². The number of ether oxygens (including phenoxy) is 1. The van der Waals surface area contributed by atoms with Crippen LogP contribution in [0.15, 0.2) is 29.4 Å². The molecular formula is C18H31IN4O. The third kappa shape index (κ3) is 6.55. The number of nitrogens with zero attached hydrogens (tertiary/aromatic N) is 2. The van der Waals surface area contributed by atoms with Crippen LogP contribution in [0, 0.1) is 11.3 Å². The molecule has 0 aromatic carbocycles. The highest BCUT2D eigenvalue weighted by molar-refractivity contribution is 14.0. The van der Waals surface area contributed by atoms with Crippen molar-refractivity contribution in [2.75, 3.05) is 20.2 Å². The fraction of sp³-hybridized carbons (Fsp3) is 0.667. The van der Waals surface area contributed by atoms with Gasteiger partial charge in [-0.05, 0) is 30.4 Å². The van der Waals surface area contributed by atoms with Gasteiger partial charge in [0.05, 0.1) is 18.3 Å². The summed E-state index contributed by atoms with van der Waals surface area (Å²) in [5, 5.41) is 6.76. The second-order valence-corrected chi connectivity index (χ2v) is 7.19. The van der Waals surface area contributed by atoms with Crippen LogP contribution in [0.25, 0.3) is 0 Å². The number of hydrogen-bond acceptors (Lipinski definition) is 3. The first kappa shape index (κ1) is 21.2. The zero-order valence-corrected chi connectivity index (χ0v) is 17.5. The summed E-state index contributed by atoms with van der Waals surface area (Å²) in [6.07, 6.45) is 4.43. The van der Waals surface area contributed by atoms with Crippen LogP contribution in [0.5, 0.6) is 0 Å². The fourth-order valence-electron chi connectivity index (χ4n) is 3.13. The summed E-state index contributed by atoms with van der Waals surface area (Å²) in [4.78, 5) is 8.61. The Bertz CT molecular complexity index is 501. The third-order valence-corrected chi connectivity index (χ3v) is 4.22. The van der Waals surface area contributed by atoms with Crippen LogP contribution in [0.1, 0.15) is 39.3 Å². The summed E-state index contributed by atoms with van der Waals surface area (Å²) in [7, 11) is 1.80. The highest BCUT2D eigenvalue weighted by atomic mass is 127. The van der Waals surface area contributed by atoms with Crippen LogP contribution < -0.4 is 10.6 Å². The van der Waals surface area contributed by atoms with Gasteiger partial charge in [-0.25, -0.2) is 0 Å². The van der Waals surface area contributed by atoms with E-state index in [0.717, 1.165) is 31.2 Å². The van der Waals surface area contributed by atoms with Crippen molar-refractivity contribution in [3.05, 3.63) is 30.1 Å². The first-order valence-corrected chi connectivity index (χ1v) is 8.46. The molecule has 5 nitrogen and oxygen atoms in total. The van der Waals surface area contributed by atoms with Crippen LogP contribution in [-0.2, 0) is 11.3 Å². The van der Waals surface area contributed by atoms with Gasteiger partial charge in [0, 0.05) is 32.3 Å². The lowest BCUT2D eigenvalue weighted by atomic mass is 9.78. The average molecular weight is 446 g/mol. The summed E-state index contributed by atoms with van der Waals surface area (Å²) in [5.74, 6) is 1.33. The number of halogens is 1. The molecule has 1 aliphatic heterocycles. The van der Waals surface area contributed by atoms with Gasteiger partial charge in [0.25, 0.3) is 0 Å². The molecule has 24 heavy (non-hydrogen) atoms. The Kier molecular flexibility index (Phi) is 8.97. The Labute approximate surface area is 163 Å². The number of rotatable bonds is 4. The van der Waals surface area contributed by atoms with E-state index in [0.29, 0.717) is 12.5 Å². The average Bonchev–Trinajstić information content (AvgIpc) is 2.55. The van der Waals surface area contributed by atoms with Crippen molar-refractivity contribution in [2.24, 2.45) is 16.3 Å². The SMILES string of the molecule is CN=C(NCc1ccccn1)NCC1CCCOC1C(C)(C)C.I. The molecule has 1 saturated heterocycles. The Balaban J connectivity index is 0.00000288. The van der Waals surface area contributed by atoms with Crippen LogP contribution in [0.4, 0.5) is 0 Å². The van der Waals surface area contributed by atoms with Gasteiger partial charge < -0.3 is 15.4 Å². The Hall–Kier alpha value is -0.890. The van der Waals surface area contributed by atoms with E-state index in [1.807, 2.05) is 18.2 Å². The molecule has 0 aliphatic carbocycles. The van der Waals surface area contributed by atoms with E-state index in [1.165, 1.54) is 6.42 Å². The summed E-state index contributed by atoms with van der Waals surface area (Å²) in [6.45, 7) is 9.19.